The van der Waals surface area contributed by atoms with E-state index in [4.69, 9.17) is 4.74 Å². The van der Waals surface area contributed by atoms with Gasteiger partial charge in [-0.05, 0) is 57.4 Å². The van der Waals surface area contributed by atoms with Gasteiger partial charge in [-0.3, -0.25) is 14.5 Å². The van der Waals surface area contributed by atoms with Gasteiger partial charge in [0.2, 0.25) is 5.91 Å². The van der Waals surface area contributed by atoms with Crippen molar-refractivity contribution in [3.8, 4) is 0 Å². The van der Waals surface area contributed by atoms with Gasteiger partial charge in [0.15, 0.2) is 0 Å². The van der Waals surface area contributed by atoms with E-state index in [1.165, 1.54) is 0 Å². The summed E-state index contributed by atoms with van der Waals surface area (Å²) in [5.74, 6) is -0.299. The van der Waals surface area contributed by atoms with Gasteiger partial charge in [0.1, 0.15) is 0 Å². The Balaban J connectivity index is 1.89. The Hall–Kier alpha value is -1.88. The van der Waals surface area contributed by atoms with Crippen molar-refractivity contribution >= 4 is 17.6 Å². The molecule has 0 bridgehead atoms. The number of likely N-dealkylation sites (tertiary alicyclic amines) is 1. The van der Waals surface area contributed by atoms with Crippen molar-refractivity contribution in [3.63, 3.8) is 0 Å². The van der Waals surface area contributed by atoms with Gasteiger partial charge in [0, 0.05) is 12.2 Å². The highest BCUT2D eigenvalue weighted by molar-refractivity contribution is 5.93. The van der Waals surface area contributed by atoms with Crippen LogP contribution in [0.2, 0.25) is 0 Å². The van der Waals surface area contributed by atoms with Gasteiger partial charge in [-0.15, -0.1) is 0 Å². The molecule has 23 heavy (non-hydrogen) atoms. The number of rotatable bonds is 5. The van der Waals surface area contributed by atoms with E-state index in [0.29, 0.717) is 19.7 Å². The molecule has 1 aromatic rings. The maximum Gasteiger partial charge on any atom is 0.310 e. The number of ether oxygens (including phenoxy) is 1. The van der Waals surface area contributed by atoms with Crippen molar-refractivity contribution in [1.82, 2.24) is 4.90 Å². The van der Waals surface area contributed by atoms with Gasteiger partial charge >= 0.3 is 5.97 Å². The summed E-state index contributed by atoms with van der Waals surface area (Å²) >= 11 is 0. The number of carbonyl (C=O) groups is 2. The molecule has 1 heterocycles. The fourth-order valence-electron chi connectivity index (χ4n) is 2.93. The minimum Gasteiger partial charge on any atom is -0.466 e. The average Bonchev–Trinajstić information content (AvgIpc) is 2.52. The molecule has 0 radical (unpaired) electrons. The van der Waals surface area contributed by atoms with Gasteiger partial charge in [-0.25, -0.2) is 0 Å². The minimum atomic E-state index is -0.146. The van der Waals surface area contributed by atoms with Crippen LogP contribution in [0.5, 0.6) is 0 Å². The molecule has 1 unspecified atom stereocenters. The standard InChI is InChI=1S/C18H26N2O3/c1-4-23-18(22)15-8-6-10-20(11-15)12-17(21)19-16-9-5-7-13(2)14(16)3/h5,7,9,15H,4,6,8,10-12H2,1-3H3,(H,19,21). The molecule has 0 aromatic heterocycles. The lowest BCUT2D eigenvalue weighted by atomic mass is 9.98. The minimum absolute atomic E-state index is 0.0387. The van der Waals surface area contributed by atoms with E-state index < -0.39 is 0 Å². The number of hydrogen-bond acceptors (Lipinski definition) is 4. The molecular weight excluding hydrogens is 292 g/mol. The number of carbonyl (C=O) groups excluding carboxylic acids is 2. The Morgan fingerprint density at radius 2 is 2.13 bits per heavy atom. The van der Waals surface area contributed by atoms with Gasteiger partial charge < -0.3 is 10.1 Å². The first-order valence-corrected chi connectivity index (χ1v) is 8.26. The third kappa shape index (κ3) is 4.79. The van der Waals surface area contributed by atoms with E-state index in [0.717, 1.165) is 36.2 Å². The quantitative estimate of drug-likeness (QED) is 0.848. The van der Waals surface area contributed by atoms with Gasteiger partial charge in [-0.1, -0.05) is 12.1 Å². The first-order chi connectivity index (χ1) is 11.0. The van der Waals surface area contributed by atoms with E-state index in [-0.39, 0.29) is 17.8 Å². The fourth-order valence-corrected chi connectivity index (χ4v) is 2.93. The van der Waals surface area contributed by atoms with Crippen molar-refractivity contribution in [3.05, 3.63) is 29.3 Å². The molecule has 1 amide bonds. The van der Waals surface area contributed by atoms with E-state index in [1.807, 2.05) is 43.9 Å². The van der Waals surface area contributed by atoms with Crippen molar-refractivity contribution in [1.29, 1.82) is 0 Å². The first kappa shape index (κ1) is 17.5. The molecule has 1 saturated heterocycles. The van der Waals surface area contributed by atoms with Crippen LogP contribution in [0.25, 0.3) is 0 Å². The predicted molar refractivity (Wildman–Crippen MR) is 90.3 cm³/mol. The molecule has 0 saturated carbocycles. The average molecular weight is 318 g/mol. The van der Waals surface area contributed by atoms with Crippen molar-refractivity contribution < 1.29 is 14.3 Å². The summed E-state index contributed by atoms with van der Waals surface area (Å²) < 4.78 is 5.09. The number of piperidine rings is 1. The highest BCUT2D eigenvalue weighted by atomic mass is 16.5. The molecule has 1 aromatic carbocycles. The Morgan fingerprint density at radius 1 is 1.35 bits per heavy atom. The van der Waals surface area contributed by atoms with Crippen LogP contribution in [0.3, 0.4) is 0 Å². The van der Waals surface area contributed by atoms with Crippen LogP contribution >= 0.6 is 0 Å². The maximum absolute atomic E-state index is 12.3. The summed E-state index contributed by atoms with van der Waals surface area (Å²) in [6.45, 7) is 8.00. The highest BCUT2D eigenvalue weighted by Crippen LogP contribution is 2.20. The Bertz CT molecular complexity index is 571. The number of nitrogens with zero attached hydrogens (tertiary/aromatic N) is 1. The maximum atomic E-state index is 12.3. The molecule has 1 aliphatic rings. The van der Waals surface area contributed by atoms with Crippen LogP contribution in [-0.4, -0.2) is 43.0 Å². The van der Waals surface area contributed by atoms with Crippen LogP contribution in [0.4, 0.5) is 5.69 Å². The zero-order valence-corrected chi connectivity index (χ0v) is 14.2. The molecule has 1 fully saturated rings. The molecule has 0 spiro atoms. The van der Waals surface area contributed by atoms with Crippen LogP contribution in [0, 0.1) is 19.8 Å². The summed E-state index contributed by atoms with van der Waals surface area (Å²) in [4.78, 5) is 26.2. The van der Waals surface area contributed by atoms with E-state index in [1.54, 1.807) is 0 Å². The molecule has 0 aliphatic carbocycles. The number of anilines is 1. The summed E-state index contributed by atoms with van der Waals surface area (Å²) in [7, 11) is 0. The Kier molecular flexibility index (Phi) is 6.16. The number of aryl methyl sites for hydroxylation is 1. The molecule has 1 atom stereocenters. The number of esters is 1. The lowest BCUT2D eigenvalue weighted by molar-refractivity contribution is -0.150. The van der Waals surface area contributed by atoms with E-state index >= 15 is 0 Å². The molecular formula is C18H26N2O3. The monoisotopic (exact) mass is 318 g/mol. The zero-order chi connectivity index (χ0) is 16.8. The molecule has 5 heteroatoms. The Labute approximate surface area is 138 Å². The highest BCUT2D eigenvalue weighted by Gasteiger charge is 2.27. The largest absolute Gasteiger partial charge is 0.466 e. The topological polar surface area (TPSA) is 58.6 Å². The Morgan fingerprint density at radius 3 is 2.87 bits per heavy atom. The number of hydrogen-bond donors (Lipinski definition) is 1. The first-order valence-electron chi connectivity index (χ1n) is 8.26. The molecule has 1 N–H and O–H groups in total. The second-order valence-corrected chi connectivity index (χ2v) is 6.12. The summed E-state index contributed by atoms with van der Waals surface area (Å²) in [5, 5.41) is 2.97. The van der Waals surface area contributed by atoms with Gasteiger partial charge in [0.25, 0.3) is 0 Å². The smallest absolute Gasteiger partial charge is 0.310 e. The SMILES string of the molecule is CCOC(=O)C1CCCN(CC(=O)Nc2cccc(C)c2C)C1. The second-order valence-electron chi connectivity index (χ2n) is 6.12. The second kappa shape index (κ2) is 8.11. The molecule has 2 rings (SSSR count). The fraction of sp³-hybridized carbons (Fsp3) is 0.556. The third-order valence-corrected chi connectivity index (χ3v) is 4.37. The number of nitrogens with one attached hydrogen (secondary N) is 1. The zero-order valence-electron chi connectivity index (χ0n) is 14.2. The number of benzene rings is 1. The van der Waals surface area contributed by atoms with Gasteiger partial charge in [0.05, 0.1) is 19.1 Å². The third-order valence-electron chi connectivity index (χ3n) is 4.37. The molecule has 5 nitrogen and oxygen atoms in total. The van der Waals surface area contributed by atoms with Crippen LogP contribution in [-0.2, 0) is 14.3 Å². The van der Waals surface area contributed by atoms with Crippen molar-refractivity contribution in [2.75, 3.05) is 31.6 Å². The summed E-state index contributed by atoms with van der Waals surface area (Å²) in [6.07, 6.45) is 1.76. The van der Waals surface area contributed by atoms with Crippen LogP contribution in [0.15, 0.2) is 18.2 Å². The van der Waals surface area contributed by atoms with Crippen molar-refractivity contribution in [2.24, 2.45) is 5.92 Å². The number of amides is 1. The lowest BCUT2D eigenvalue weighted by Crippen LogP contribution is -2.43. The molecule has 126 valence electrons. The summed E-state index contributed by atoms with van der Waals surface area (Å²) in [5.41, 5.74) is 3.10. The van der Waals surface area contributed by atoms with Crippen LogP contribution < -0.4 is 5.32 Å². The lowest BCUT2D eigenvalue weighted by Gasteiger charge is -2.30. The normalized spacial score (nSPS) is 18.5. The van der Waals surface area contributed by atoms with Crippen LogP contribution in [0.1, 0.15) is 30.9 Å². The summed E-state index contributed by atoms with van der Waals surface area (Å²) in [6, 6.07) is 5.88. The molecule has 1 aliphatic heterocycles. The predicted octanol–water partition coefficient (Wildman–Crippen LogP) is 2.52. The van der Waals surface area contributed by atoms with E-state index in [2.05, 4.69) is 5.32 Å². The van der Waals surface area contributed by atoms with Crippen molar-refractivity contribution in [2.45, 2.75) is 33.6 Å². The van der Waals surface area contributed by atoms with E-state index in [9.17, 15) is 9.59 Å². The van der Waals surface area contributed by atoms with Gasteiger partial charge in [-0.2, -0.15) is 0 Å².